The number of amides is 1. The molecule has 0 aromatic heterocycles. The third-order valence-electron chi connectivity index (χ3n) is 5.55. The van der Waals surface area contributed by atoms with E-state index in [4.69, 9.17) is 0 Å². The standard InChI is InChI=1S/C20H32N2O3S/c1-5-15(3)19(20(23)21-18-9-7-6-8-16(18)4)22-26(24,25)17-12-10-14(2)11-13-17/h10-13,15-16,18-19,22H,5-9H2,1-4H3,(H,21,23)/t15-,16-,18+,19-/m0/s1. The Bertz CT molecular complexity index is 700. The number of carbonyl (C=O) groups excluding carboxylic acids is 1. The number of sulfonamides is 1. The number of nitrogens with one attached hydrogen (secondary N) is 2. The number of hydrogen-bond acceptors (Lipinski definition) is 3. The monoisotopic (exact) mass is 380 g/mol. The molecule has 0 spiro atoms. The van der Waals surface area contributed by atoms with E-state index in [1.165, 1.54) is 6.42 Å². The van der Waals surface area contributed by atoms with Crippen LogP contribution >= 0.6 is 0 Å². The van der Waals surface area contributed by atoms with Crippen LogP contribution in [0.1, 0.15) is 58.4 Å². The molecule has 0 bridgehead atoms. The molecule has 0 saturated heterocycles. The van der Waals surface area contributed by atoms with Gasteiger partial charge in [-0.15, -0.1) is 0 Å². The van der Waals surface area contributed by atoms with Crippen molar-refractivity contribution in [2.45, 2.75) is 76.8 Å². The van der Waals surface area contributed by atoms with E-state index in [1.54, 1.807) is 24.3 Å². The maximum absolute atomic E-state index is 12.9. The molecule has 1 aliphatic carbocycles. The van der Waals surface area contributed by atoms with Crippen LogP contribution < -0.4 is 10.0 Å². The second kappa shape index (κ2) is 9.00. The van der Waals surface area contributed by atoms with Crippen LogP contribution in [0.25, 0.3) is 0 Å². The second-order valence-corrected chi connectivity index (χ2v) is 9.39. The Balaban J connectivity index is 2.15. The summed E-state index contributed by atoms with van der Waals surface area (Å²) >= 11 is 0. The van der Waals surface area contributed by atoms with Crippen molar-refractivity contribution < 1.29 is 13.2 Å². The highest BCUT2D eigenvalue weighted by Gasteiger charge is 2.32. The lowest BCUT2D eigenvalue weighted by Gasteiger charge is -2.32. The molecule has 146 valence electrons. The van der Waals surface area contributed by atoms with Crippen LogP contribution in [-0.2, 0) is 14.8 Å². The van der Waals surface area contributed by atoms with Gasteiger partial charge in [0.2, 0.25) is 15.9 Å². The molecule has 6 heteroatoms. The molecule has 0 aliphatic heterocycles. The highest BCUT2D eigenvalue weighted by Crippen LogP contribution is 2.24. The summed E-state index contributed by atoms with van der Waals surface area (Å²) in [6, 6.07) is 6.04. The lowest BCUT2D eigenvalue weighted by molar-refractivity contribution is -0.125. The van der Waals surface area contributed by atoms with E-state index in [0.717, 1.165) is 24.8 Å². The molecular formula is C20H32N2O3S. The first-order valence-corrected chi connectivity index (χ1v) is 11.1. The van der Waals surface area contributed by atoms with Crippen molar-refractivity contribution in [1.82, 2.24) is 10.0 Å². The molecule has 5 nitrogen and oxygen atoms in total. The molecule has 0 heterocycles. The van der Waals surface area contributed by atoms with Crippen LogP contribution in [0.3, 0.4) is 0 Å². The van der Waals surface area contributed by atoms with Crippen molar-refractivity contribution in [3.8, 4) is 0 Å². The van der Waals surface area contributed by atoms with Crippen LogP contribution in [0.5, 0.6) is 0 Å². The average Bonchev–Trinajstić information content (AvgIpc) is 2.61. The van der Waals surface area contributed by atoms with E-state index < -0.39 is 16.1 Å². The Kier molecular flexibility index (Phi) is 7.24. The summed E-state index contributed by atoms with van der Waals surface area (Å²) in [6.45, 7) is 7.93. The highest BCUT2D eigenvalue weighted by molar-refractivity contribution is 7.89. The van der Waals surface area contributed by atoms with Gasteiger partial charge in [0.15, 0.2) is 0 Å². The summed E-state index contributed by atoms with van der Waals surface area (Å²) in [5.74, 6) is 0.127. The summed E-state index contributed by atoms with van der Waals surface area (Å²) in [6.07, 6.45) is 5.09. The van der Waals surface area contributed by atoms with E-state index in [1.807, 2.05) is 20.8 Å². The maximum Gasteiger partial charge on any atom is 0.241 e. The Morgan fingerprint density at radius 2 is 1.81 bits per heavy atom. The van der Waals surface area contributed by atoms with Gasteiger partial charge < -0.3 is 5.32 Å². The Hall–Kier alpha value is -1.40. The average molecular weight is 381 g/mol. The van der Waals surface area contributed by atoms with Crippen LogP contribution in [0.15, 0.2) is 29.2 Å². The fourth-order valence-corrected chi connectivity index (χ4v) is 4.72. The fourth-order valence-electron chi connectivity index (χ4n) is 3.42. The van der Waals surface area contributed by atoms with E-state index in [-0.39, 0.29) is 22.8 Å². The maximum atomic E-state index is 12.9. The van der Waals surface area contributed by atoms with E-state index in [9.17, 15) is 13.2 Å². The normalized spacial score (nSPS) is 23.2. The second-order valence-electron chi connectivity index (χ2n) is 7.67. The Labute approximate surface area is 158 Å². The number of benzene rings is 1. The number of carbonyl (C=O) groups is 1. The van der Waals surface area contributed by atoms with Gasteiger partial charge in [-0.05, 0) is 43.7 Å². The topological polar surface area (TPSA) is 75.3 Å². The number of aryl methyl sites for hydroxylation is 1. The molecule has 1 aliphatic rings. The lowest BCUT2D eigenvalue weighted by atomic mass is 9.85. The smallest absolute Gasteiger partial charge is 0.241 e. The first-order valence-electron chi connectivity index (χ1n) is 9.64. The molecule has 1 fully saturated rings. The van der Waals surface area contributed by atoms with Crippen LogP contribution in [0.4, 0.5) is 0 Å². The SMILES string of the molecule is CC[C@H](C)[C@H](NS(=O)(=O)c1ccc(C)cc1)C(=O)N[C@@H]1CCCC[C@@H]1C. The predicted octanol–water partition coefficient (Wildman–Crippen LogP) is 3.38. The molecule has 1 aromatic rings. The van der Waals surface area contributed by atoms with Crippen LogP contribution in [0.2, 0.25) is 0 Å². The molecule has 1 aromatic carbocycles. The first kappa shape index (κ1) is 20.9. The molecule has 1 amide bonds. The van der Waals surface area contributed by atoms with E-state index in [0.29, 0.717) is 12.3 Å². The minimum absolute atomic E-state index is 0.0888. The molecule has 4 atom stereocenters. The highest BCUT2D eigenvalue weighted by atomic mass is 32.2. The molecule has 1 saturated carbocycles. The lowest BCUT2D eigenvalue weighted by Crippen LogP contribution is -2.53. The zero-order valence-corrected chi connectivity index (χ0v) is 17.1. The molecule has 0 radical (unpaired) electrons. The van der Waals surface area contributed by atoms with Crippen molar-refractivity contribution in [1.29, 1.82) is 0 Å². The summed E-state index contributed by atoms with van der Waals surface area (Å²) in [5.41, 5.74) is 0.992. The van der Waals surface area contributed by atoms with Crippen molar-refractivity contribution in [2.24, 2.45) is 11.8 Å². The van der Waals surface area contributed by atoms with Gasteiger partial charge in [0.1, 0.15) is 6.04 Å². The summed E-state index contributed by atoms with van der Waals surface area (Å²) < 4.78 is 28.1. The van der Waals surface area contributed by atoms with Crippen LogP contribution in [0, 0.1) is 18.8 Å². The van der Waals surface area contributed by atoms with Crippen molar-refractivity contribution in [3.63, 3.8) is 0 Å². The number of rotatable bonds is 7. The Morgan fingerprint density at radius 1 is 1.19 bits per heavy atom. The van der Waals surface area contributed by atoms with Gasteiger partial charge in [0, 0.05) is 6.04 Å². The fraction of sp³-hybridized carbons (Fsp3) is 0.650. The van der Waals surface area contributed by atoms with Gasteiger partial charge in [-0.25, -0.2) is 8.42 Å². The minimum atomic E-state index is -3.74. The molecule has 2 N–H and O–H groups in total. The Morgan fingerprint density at radius 3 is 2.38 bits per heavy atom. The van der Waals surface area contributed by atoms with Crippen molar-refractivity contribution in [3.05, 3.63) is 29.8 Å². The zero-order chi connectivity index (χ0) is 19.3. The molecule has 2 rings (SSSR count). The van der Waals surface area contributed by atoms with Crippen molar-refractivity contribution in [2.75, 3.05) is 0 Å². The zero-order valence-electron chi connectivity index (χ0n) is 16.3. The molecule has 26 heavy (non-hydrogen) atoms. The van der Waals surface area contributed by atoms with Gasteiger partial charge >= 0.3 is 0 Å². The third kappa shape index (κ3) is 5.30. The minimum Gasteiger partial charge on any atom is -0.352 e. The summed E-state index contributed by atoms with van der Waals surface area (Å²) in [5, 5.41) is 3.10. The quantitative estimate of drug-likeness (QED) is 0.761. The van der Waals surface area contributed by atoms with E-state index >= 15 is 0 Å². The summed E-state index contributed by atoms with van der Waals surface area (Å²) in [7, 11) is -3.74. The predicted molar refractivity (Wildman–Crippen MR) is 104 cm³/mol. The van der Waals surface area contributed by atoms with E-state index in [2.05, 4.69) is 17.0 Å². The molecular weight excluding hydrogens is 348 g/mol. The first-order chi connectivity index (χ1) is 12.2. The number of hydrogen-bond donors (Lipinski definition) is 2. The van der Waals surface area contributed by atoms with Gasteiger partial charge in [-0.1, -0.05) is 57.7 Å². The van der Waals surface area contributed by atoms with Gasteiger partial charge in [0.05, 0.1) is 4.90 Å². The van der Waals surface area contributed by atoms with Crippen LogP contribution in [-0.4, -0.2) is 26.4 Å². The third-order valence-corrected chi connectivity index (χ3v) is 7.00. The van der Waals surface area contributed by atoms with Gasteiger partial charge in [-0.3, -0.25) is 4.79 Å². The summed E-state index contributed by atoms with van der Waals surface area (Å²) in [4.78, 5) is 13.1. The largest absolute Gasteiger partial charge is 0.352 e. The van der Waals surface area contributed by atoms with Crippen molar-refractivity contribution >= 4 is 15.9 Å². The van der Waals surface area contributed by atoms with Gasteiger partial charge in [0.25, 0.3) is 0 Å². The molecule has 0 unspecified atom stereocenters. The van der Waals surface area contributed by atoms with Gasteiger partial charge in [-0.2, -0.15) is 4.72 Å².